The molecule has 0 bridgehead atoms. The van der Waals surface area contributed by atoms with Gasteiger partial charge in [-0.3, -0.25) is 9.59 Å². The molecule has 4 heterocycles. The minimum Gasteiger partial charge on any atom is -0.497 e. The monoisotopic (exact) mass is 426 g/mol. The standard InChI is InChI=1S/C20H18N4O5S/c1-11-16-17-15(9-21-18(16)24(22-11)13-6-7-30(27,28)10-13)19(25)23(20(17)26)12-4-3-5-14(8-12)29-2/h3-5,8-9,13H,6-7,10H2,1-2H3. The Balaban J connectivity index is 1.65. The third-order valence-corrected chi connectivity index (χ3v) is 7.36. The lowest BCUT2D eigenvalue weighted by atomic mass is 10.1. The van der Waals surface area contributed by atoms with Gasteiger partial charge in [0.1, 0.15) is 5.75 Å². The van der Waals surface area contributed by atoms with Gasteiger partial charge in [0.05, 0.1) is 52.6 Å². The Morgan fingerprint density at radius 2 is 2.00 bits per heavy atom. The molecule has 30 heavy (non-hydrogen) atoms. The first-order valence-corrected chi connectivity index (χ1v) is 11.2. The minimum absolute atomic E-state index is 0.00913. The number of sulfone groups is 1. The molecule has 1 saturated heterocycles. The van der Waals surface area contributed by atoms with Crippen LogP contribution in [0.3, 0.4) is 0 Å². The summed E-state index contributed by atoms with van der Waals surface area (Å²) < 4.78 is 30.6. The smallest absolute Gasteiger partial charge is 0.267 e. The maximum atomic E-state index is 13.3. The van der Waals surface area contributed by atoms with E-state index in [0.717, 1.165) is 4.90 Å². The van der Waals surface area contributed by atoms with Gasteiger partial charge < -0.3 is 4.74 Å². The molecule has 1 fully saturated rings. The Kier molecular flexibility index (Phi) is 3.97. The van der Waals surface area contributed by atoms with E-state index in [4.69, 9.17) is 4.74 Å². The molecule has 154 valence electrons. The van der Waals surface area contributed by atoms with Gasteiger partial charge in [0.2, 0.25) is 0 Å². The second-order valence-corrected chi connectivity index (χ2v) is 9.71. The highest BCUT2D eigenvalue weighted by atomic mass is 32.2. The van der Waals surface area contributed by atoms with Crippen LogP contribution in [-0.4, -0.2) is 53.6 Å². The predicted molar refractivity (Wildman–Crippen MR) is 109 cm³/mol. The number of methoxy groups -OCH3 is 1. The van der Waals surface area contributed by atoms with Crippen LogP contribution in [0.5, 0.6) is 5.75 Å². The van der Waals surface area contributed by atoms with Crippen molar-refractivity contribution in [3.8, 4) is 5.75 Å². The van der Waals surface area contributed by atoms with Crippen LogP contribution in [0.25, 0.3) is 11.0 Å². The summed E-state index contributed by atoms with van der Waals surface area (Å²) in [7, 11) is -1.61. The third kappa shape index (κ3) is 2.63. The molecule has 5 rings (SSSR count). The number of nitrogens with zero attached hydrogens (tertiary/aromatic N) is 4. The number of fused-ring (bicyclic) bond motifs is 3. The van der Waals surface area contributed by atoms with Gasteiger partial charge in [-0.05, 0) is 25.5 Å². The summed E-state index contributed by atoms with van der Waals surface area (Å²) in [6, 6.07) is 6.37. The SMILES string of the molecule is COc1cccc(N2C(=O)c3cnc4c(c(C)nn4C4CCS(=O)(=O)C4)c3C2=O)c1. The molecule has 2 aliphatic heterocycles. The molecule has 1 unspecified atom stereocenters. The molecule has 10 heteroatoms. The first-order valence-electron chi connectivity index (χ1n) is 9.42. The lowest BCUT2D eigenvalue weighted by Crippen LogP contribution is -2.29. The molecular weight excluding hydrogens is 408 g/mol. The molecule has 0 radical (unpaired) electrons. The molecule has 3 aromatic rings. The molecule has 2 aromatic heterocycles. The van der Waals surface area contributed by atoms with Crippen molar-refractivity contribution in [2.45, 2.75) is 19.4 Å². The first-order chi connectivity index (χ1) is 14.3. The zero-order chi connectivity index (χ0) is 21.2. The number of hydrogen-bond acceptors (Lipinski definition) is 7. The summed E-state index contributed by atoms with van der Waals surface area (Å²) in [6.07, 6.45) is 1.82. The van der Waals surface area contributed by atoms with Gasteiger partial charge in [-0.1, -0.05) is 6.07 Å². The van der Waals surface area contributed by atoms with E-state index >= 15 is 0 Å². The normalized spacial score (nSPS) is 20.2. The first kappa shape index (κ1) is 18.7. The quantitative estimate of drug-likeness (QED) is 0.588. The molecule has 0 aliphatic carbocycles. The summed E-state index contributed by atoms with van der Waals surface area (Å²) >= 11 is 0. The van der Waals surface area contributed by atoms with Gasteiger partial charge in [-0.25, -0.2) is 23.0 Å². The molecule has 0 saturated carbocycles. The number of aromatic nitrogens is 3. The largest absolute Gasteiger partial charge is 0.497 e. The van der Waals surface area contributed by atoms with Crippen LogP contribution in [0.1, 0.15) is 38.9 Å². The Hall–Kier alpha value is -3.27. The zero-order valence-corrected chi connectivity index (χ0v) is 17.1. The van der Waals surface area contributed by atoms with Gasteiger partial charge in [-0.2, -0.15) is 5.10 Å². The molecular formula is C20H18N4O5S. The predicted octanol–water partition coefficient (Wildman–Crippen LogP) is 1.91. The molecule has 9 nitrogen and oxygen atoms in total. The van der Waals surface area contributed by atoms with E-state index < -0.39 is 21.7 Å². The van der Waals surface area contributed by atoms with Crippen molar-refractivity contribution in [1.29, 1.82) is 0 Å². The number of anilines is 1. The molecule has 0 N–H and O–H groups in total. The van der Waals surface area contributed by atoms with Crippen LogP contribution in [0.4, 0.5) is 5.69 Å². The van der Waals surface area contributed by atoms with Crippen molar-refractivity contribution in [3.05, 3.63) is 47.3 Å². The van der Waals surface area contributed by atoms with E-state index in [0.29, 0.717) is 34.6 Å². The van der Waals surface area contributed by atoms with Crippen molar-refractivity contribution in [1.82, 2.24) is 14.8 Å². The second-order valence-electron chi connectivity index (χ2n) is 7.48. The van der Waals surface area contributed by atoms with E-state index in [1.165, 1.54) is 13.3 Å². The topological polar surface area (TPSA) is 111 Å². The molecule has 1 atom stereocenters. The van der Waals surface area contributed by atoms with Gasteiger partial charge in [0.15, 0.2) is 15.5 Å². The lowest BCUT2D eigenvalue weighted by molar-refractivity contribution is 0.0926. The Bertz CT molecular complexity index is 1340. The van der Waals surface area contributed by atoms with Crippen LogP contribution in [0, 0.1) is 6.92 Å². The number of amides is 2. The van der Waals surface area contributed by atoms with Crippen molar-refractivity contribution >= 4 is 38.4 Å². The van der Waals surface area contributed by atoms with Crippen LogP contribution < -0.4 is 9.64 Å². The fourth-order valence-electron chi connectivity index (χ4n) is 4.19. The number of pyridine rings is 1. The fraction of sp³-hybridized carbons (Fsp3) is 0.300. The number of carbonyl (C=O) groups excluding carboxylic acids is 2. The van der Waals surface area contributed by atoms with Gasteiger partial charge >= 0.3 is 0 Å². The van der Waals surface area contributed by atoms with Crippen LogP contribution >= 0.6 is 0 Å². The number of ether oxygens (including phenoxy) is 1. The highest BCUT2D eigenvalue weighted by Crippen LogP contribution is 2.36. The zero-order valence-electron chi connectivity index (χ0n) is 16.3. The summed E-state index contributed by atoms with van der Waals surface area (Å²) in [5.74, 6) is -0.307. The van der Waals surface area contributed by atoms with E-state index in [2.05, 4.69) is 10.1 Å². The van der Waals surface area contributed by atoms with Gasteiger partial charge in [0, 0.05) is 12.3 Å². The fourth-order valence-corrected chi connectivity index (χ4v) is 5.88. The van der Waals surface area contributed by atoms with E-state index in [1.54, 1.807) is 35.9 Å². The summed E-state index contributed by atoms with van der Waals surface area (Å²) in [5.41, 5.74) is 1.81. The average Bonchev–Trinajstić information content (AvgIpc) is 3.34. The Morgan fingerprint density at radius 1 is 1.20 bits per heavy atom. The van der Waals surface area contributed by atoms with Gasteiger partial charge in [0.25, 0.3) is 11.8 Å². The Labute approximate surface area is 172 Å². The van der Waals surface area contributed by atoms with Gasteiger partial charge in [-0.15, -0.1) is 0 Å². The number of aryl methyl sites for hydroxylation is 1. The number of benzene rings is 1. The number of carbonyl (C=O) groups is 2. The van der Waals surface area contributed by atoms with E-state index in [9.17, 15) is 18.0 Å². The summed E-state index contributed by atoms with van der Waals surface area (Å²) in [6.45, 7) is 1.73. The number of imide groups is 1. The summed E-state index contributed by atoms with van der Waals surface area (Å²) in [4.78, 5) is 31.8. The van der Waals surface area contributed by atoms with Crippen LogP contribution in [0.15, 0.2) is 30.5 Å². The molecule has 2 amide bonds. The van der Waals surface area contributed by atoms with Crippen molar-refractivity contribution in [2.24, 2.45) is 0 Å². The number of hydrogen-bond donors (Lipinski definition) is 0. The molecule has 0 spiro atoms. The highest BCUT2D eigenvalue weighted by molar-refractivity contribution is 7.91. The third-order valence-electron chi connectivity index (χ3n) is 5.61. The second kappa shape index (κ2) is 6.36. The van der Waals surface area contributed by atoms with Crippen molar-refractivity contribution in [2.75, 3.05) is 23.5 Å². The maximum absolute atomic E-state index is 13.3. The molecule has 1 aromatic carbocycles. The van der Waals surface area contributed by atoms with Crippen LogP contribution in [0.2, 0.25) is 0 Å². The van der Waals surface area contributed by atoms with Crippen molar-refractivity contribution in [3.63, 3.8) is 0 Å². The molecule has 2 aliphatic rings. The lowest BCUT2D eigenvalue weighted by Gasteiger charge is -2.14. The Morgan fingerprint density at radius 3 is 2.70 bits per heavy atom. The summed E-state index contributed by atoms with van der Waals surface area (Å²) in [5, 5.41) is 4.97. The van der Waals surface area contributed by atoms with E-state index in [-0.39, 0.29) is 28.7 Å². The van der Waals surface area contributed by atoms with E-state index in [1.807, 2.05) is 0 Å². The maximum Gasteiger partial charge on any atom is 0.267 e. The van der Waals surface area contributed by atoms with Crippen LogP contribution in [-0.2, 0) is 9.84 Å². The average molecular weight is 426 g/mol. The van der Waals surface area contributed by atoms with Crippen molar-refractivity contribution < 1.29 is 22.7 Å². The highest BCUT2D eigenvalue weighted by Gasteiger charge is 2.41. The number of rotatable bonds is 3. The minimum atomic E-state index is -3.12.